The lowest BCUT2D eigenvalue weighted by Crippen LogP contribution is -2.17. The first kappa shape index (κ1) is 13.0. The Kier molecular flexibility index (Phi) is 3.11. The molecular weight excluding hydrogens is 267 g/mol. The molecule has 0 bridgehead atoms. The van der Waals surface area contributed by atoms with E-state index < -0.39 is 6.36 Å². The molecule has 6 heteroatoms. The summed E-state index contributed by atoms with van der Waals surface area (Å²) in [7, 11) is 0. The van der Waals surface area contributed by atoms with E-state index in [4.69, 9.17) is 11.6 Å². The molecule has 0 saturated heterocycles. The minimum atomic E-state index is -4.75. The average Bonchev–Trinajstić information content (AvgIpc) is 2.25. The zero-order valence-electron chi connectivity index (χ0n) is 9.60. The van der Waals surface area contributed by atoms with Crippen molar-refractivity contribution < 1.29 is 17.9 Å². The van der Waals surface area contributed by atoms with Crippen LogP contribution in [0.15, 0.2) is 18.3 Å². The van der Waals surface area contributed by atoms with Crippen molar-refractivity contribution in [2.24, 2.45) is 0 Å². The number of benzene rings is 1. The number of nitrogens with zero attached hydrogens (tertiary/aromatic N) is 1. The van der Waals surface area contributed by atoms with E-state index in [1.807, 2.05) is 0 Å². The van der Waals surface area contributed by atoms with Gasteiger partial charge in [-0.2, -0.15) is 0 Å². The average molecular weight is 276 g/mol. The zero-order chi connectivity index (χ0) is 13.5. The number of fused-ring (bicyclic) bond motifs is 1. The second-order valence-corrected chi connectivity index (χ2v) is 4.29. The summed E-state index contributed by atoms with van der Waals surface area (Å²) in [5, 5.41) is 0.414. The molecule has 0 N–H and O–H groups in total. The lowest BCUT2D eigenvalue weighted by molar-refractivity contribution is -0.274. The highest BCUT2D eigenvalue weighted by molar-refractivity contribution is 6.36. The summed E-state index contributed by atoms with van der Waals surface area (Å²) in [6, 6.07) is 2.76. The molecule has 0 saturated carbocycles. The summed E-state index contributed by atoms with van der Waals surface area (Å²) in [6.07, 6.45) is -3.23. The fourth-order valence-corrected chi connectivity index (χ4v) is 1.91. The highest BCUT2D eigenvalue weighted by atomic mass is 35.5. The molecule has 0 aliphatic heterocycles. The molecule has 2 aromatic rings. The van der Waals surface area contributed by atoms with Crippen LogP contribution in [0.1, 0.15) is 11.1 Å². The van der Waals surface area contributed by atoms with Crippen LogP contribution in [0.4, 0.5) is 13.2 Å². The summed E-state index contributed by atoms with van der Waals surface area (Å²) in [4.78, 5) is 4.10. The van der Waals surface area contributed by atoms with E-state index in [9.17, 15) is 13.2 Å². The summed E-state index contributed by atoms with van der Waals surface area (Å²) in [5.74, 6) is -0.329. The molecule has 0 atom stereocenters. The summed E-state index contributed by atoms with van der Waals surface area (Å²) in [5.41, 5.74) is 1.75. The van der Waals surface area contributed by atoms with Crippen LogP contribution in [0, 0.1) is 13.8 Å². The number of aromatic nitrogens is 1. The molecule has 0 amide bonds. The molecule has 2 nitrogen and oxygen atoms in total. The maximum Gasteiger partial charge on any atom is 0.573 e. The Balaban J connectivity index is 2.75. The van der Waals surface area contributed by atoms with Crippen molar-refractivity contribution in [3.63, 3.8) is 0 Å². The van der Waals surface area contributed by atoms with Crippen LogP contribution < -0.4 is 4.74 Å². The van der Waals surface area contributed by atoms with E-state index in [1.54, 1.807) is 13.8 Å². The Morgan fingerprint density at radius 3 is 2.44 bits per heavy atom. The lowest BCUT2D eigenvalue weighted by atomic mass is 10.1. The third-order valence-electron chi connectivity index (χ3n) is 2.52. The molecule has 0 radical (unpaired) electrons. The Morgan fingerprint density at radius 1 is 1.17 bits per heavy atom. The number of hydrogen-bond donors (Lipinski definition) is 0. The molecule has 0 unspecified atom stereocenters. The topological polar surface area (TPSA) is 22.1 Å². The highest BCUT2D eigenvalue weighted by Crippen LogP contribution is 2.37. The van der Waals surface area contributed by atoms with Crippen LogP contribution in [0.3, 0.4) is 0 Å². The van der Waals surface area contributed by atoms with E-state index in [-0.39, 0.29) is 16.2 Å². The summed E-state index contributed by atoms with van der Waals surface area (Å²) < 4.78 is 40.9. The fourth-order valence-electron chi connectivity index (χ4n) is 1.68. The second kappa shape index (κ2) is 4.31. The largest absolute Gasteiger partial charge is 0.573 e. The van der Waals surface area contributed by atoms with Gasteiger partial charge in [0.2, 0.25) is 0 Å². The smallest absolute Gasteiger partial charge is 0.405 e. The van der Waals surface area contributed by atoms with Crippen molar-refractivity contribution in [3.8, 4) is 5.75 Å². The Morgan fingerprint density at radius 2 is 1.83 bits per heavy atom. The minimum absolute atomic E-state index is 0.189. The number of pyridine rings is 1. The third kappa shape index (κ3) is 2.36. The van der Waals surface area contributed by atoms with Gasteiger partial charge in [-0.25, -0.2) is 0 Å². The van der Waals surface area contributed by atoms with Crippen molar-refractivity contribution in [1.82, 2.24) is 4.98 Å². The van der Waals surface area contributed by atoms with Crippen LogP contribution in [-0.2, 0) is 0 Å². The standard InChI is InChI=1S/C12H9ClF3NO/c1-6-3-4-8(18-12(14,15)16)9-10(13)7(2)5-17-11(6)9/h3-5H,1-2H3. The Hall–Kier alpha value is -1.49. The van der Waals surface area contributed by atoms with Gasteiger partial charge in [-0.05, 0) is 31.0 Å². The van der Waals surface area contributed by atoms with Crippen molar-refractivity contribution in [1.29, 1.82) is 0 Å². The molecule has 1 heterocycles. The van der Waals surface area contributed by atoms with E-state index in [0.717, 1.165) is 5.56 Å². The van der Waals surface area contributed by atoms with Gasteiger partial charge in [0.1, 0.15) is 5.75 Å². The number of halogens is 4. The van der Waals surface area contributed by atoms with Crippen LogP contribution >= 0.6 is 11.6 Å². The van der Waals surface area contributed by atoms with Gasteiger partial charge in [-0.1, -0.05) is 17.7 Å². The van der Waals surface area contributed by atoms with E-state index >= 15 is 0 Å². The zero-order valence-corrected chi connectivity index (χ0v) is 10.4. The van der Waals surface area contributed by atoms with Crippen LogP contribution in [0.25, 0.3) is 10.9 Å². The van der Waals surface area contributed by atoms with Crippen molar-refractivity contribution >= 4 is 22.5 Å². The summed E-state index contributed by atoms with van der Waals surface area (Å²) in [6.45, 7) is 3.42. The predicted octanol–water partition coefficient (Wildman–Crippen LogP) is 4.40. The maximum atomic E-state index is 12.3. The van der Waals surface area contributed by atoms with Crippen molar-refractivity contribution in [3.05, 3.63) is 34.5 Å². The Labute approximate surface area is 106 Å². The van der Waals surface area contributed by atoms with Gasteiger partial charge in [0.25, 0.3) is 0 Å². The fraction of sp³-hybridized carbons (Fsp3) is 0.250. The molecule has 1 aromatic carbocycles. The quantitative estimate of drug-likeness (QED) is 0.769. The number of hydrogen-bond acceptors (Lipinski definition) is 2. The first-order valence-corrected chi connectivity index (χ1v) is 5.47. The van der Waals surface area contributed by atoms with Gasteiger partial charge in [-0.15, -0.1) is 13.2 Å². The number of aryl methyl sites for hydroxylation is 2. The summed E-state index contributed by atoms with van der Waals surface area (Å²) >= 11 is 6.04. The second-order valence-electron chi connectivity index (χ2n) is 3.91. The van der Waals surface area contributed by atoms with Gasteiger partial charge in [-0.3, -0.25) is 4.98 Å². The van der Waals surface area contributed by atoms with Crippen LogP contribution in [0.2, 0.25) is 5.02 Å². The predicted molar refractivity (Wildman–Crippen MR) is 62.9 cm³/mol. The Bertz CT molecular complexity index is 610. The third-order valence-corrected chi connectivity index (χ3v) is 3.01. The normalized spacial score (nSPS) is 11.9. The molecule has 0 aliphatic carbocycles. The van der Waals surface area contributed by atoms with E-state index in [2.05, 4.69) is 9.72 Å². The maximum absolute atomic E-state index is 12.3. The molecule has 96 valence electrons. The molecule has 0 fully saturated rings. The molecule has 18 heavy (non-hydrogen) atoms. The molecular formula is C12H9ClF3NO. The first-order chi connectivity index (χ1) is 8.29. The van der Waals surface area contributed by atoms with Crippen molar-refractivity contribution in [2.45, 2.75) is 20.2 Å². The van der Waals surface area contributed by atoms with Gasteiger partial charge >= 0.3 is 6.36 Å². The first-order valence-electron chi connectivity index (χ1n) is 5.10. The molecule has 0 spiro atoms. The highest BCUT2D eigenvalue weighted by Gasteiger charge is 2.32. The molecule has 0 aliphatic rings. The molecule has 2 rings (SSSR count). The van der Waals surface area contributed by atoms with Gasteiger partial charge in [0.05, 0.1) is 15.9 Å². The number of alkyl halides is 3. The number of ether oxygens (including phenoxy) is 1. The minimum Gasteiger partial charge on any atom is -0.405 e. The SMILES string of the molecule is Cc1cnc2c(C)ccc(OC(F)(F)F)c2c1Cl. The van der Waals surface area contributed by atoms with Gasteiger partial charge < -0.3 is 4.74 Å². The lowest BCUT2D eigenvalue weighted by Gasteiger charge is -2.14. The van der Waals surface area contributed by atoms with Gasteiger partial charge in [0, 0.05) is 6.20 Å². The molecule has 1 aromatic heterocycles. The van der Waals surface area contributed by atoms with E-state index in [0.29, 0.717) is 11.1 Å². The monoisotopic (exact) mass is 275 g/mol. The van der Waals surface area contributed by atoms with Crippen molar-refractivity contribution in [2.75, 3.05) is 0 Å². The number of rotatable bonds is 1. The van der Waals surface area contributed by atoms with Crippen LogP contribution in [0.5, 0.6) is 5.75 Å². The van der Waals surface area contributed by atoms with Gasteiger partial charge in [0.15, 0.2) is 0 Å². The van der Waals surface area contributed by atoms with Crippen LogP contribution in [-0.4, -0.2) is 11.3 Å². The van der Waals surface area contributed by atoms with E-state index in [1.165, 1.54) is 18.3 Å².